The molecular weight excluding hydrogens is 426 g/mol. The molecule has 1 aliphatic rings. The number of hydrogen-bond donors (Lipinski definition) is 1. The first kappa shape index (κ1) is 25.8. The summed E-state index contributed by atoms with van der Waals surface area (Å²) >= 11 is 0. The summed E-state index contributed by atoms with van der Waals surface area (Å²) in [5.41, 5.74) is 3.27. The van der Waals surface area contributed by atoms with E-state index < -0.39 is 0 Å². The van der Waals surface area contributed by atoms with E-state index in [0.717, 1.165) is 42.9 Å². The van der Waals surface area contributed by atoms with Crippen LogP contribution in [0.5, 0.6) is 5.75 Å². The van der Waals surface area contributed by atoms with Crippen molar-refractivity contribution in [1.29, 1.82) is 0 Å². The van der Waals surface area contributed by atoms with E-state index in [0.29, 0.717) is 19.5 Å². The number of amides is 2. The fourth-order valence-electron chi connectivity index (χ4n) is 4.24. The van der Waals surface area contributed by atoms with Crippen molar-refractivity contribution < 1.29 is 14.3 Å². The molecule has 1 fully saturated rings. The zero-order chi connectivity index (χ0) is 24.7. The van der Waals surface area contributed by atoms with Gasteiger partial charge in [0.25, 0.3) is 0 Å². The molecule has 1 atom stereocenters. The Balaban J connectivity index is 1.48. The summed E-state index contributed by atoms with van der Waals surface area (Å²) in [7, 11) is 1.65. The number of hydrogen-bond acceptors (Lipinski definition) is 4. The second-order valence-electron chi connectivity index (χ2n) is 10.1. The number of aryl methyl sites for hydroxylation is 1. The van der Waals surface area contributed by atoms with Gasteiger partial charge < -0.3 is 15.0 Å². The van der Waals surface area contributed by atoms with E-state index in [1.165, 1.54) is 5.56 Å². The minimum Gasteiger partial charge on any atom is -0.497 e. The van der Waals surface area contributed by atoms with E-state index in [9.17, 15) is 9.59 Å². The maximum Gasteiger partial charge on any atom is 0.241 e. The van der Waals surface area contributed by atoms with Crippen molar-refractivity contribution >= 4 is 17.5 Å². The van der Waals surface area contributed by atoms with Crippen molar-refractivity contribution in [2.75, 3.05) is 38.6 Å². The summed E-state index contributed by atoms with van der Waals surface area (Å²) < 4.78 is 5.19. The number of carbonyl (C=O) groups is 2. The zero-order valence-corrected chi connectivity index (χ0v) is 21.3. The van der Waals surface area contributed by atoms with Crippen LogP contribution in [0.3, 0.4) is 0 Å². The van der Waals surface area contributed by atoms with Gasteiger partial charge in [-0.2, -0.15) is 0 Å². The lowest BCUT2D eigenvalue weighted by Crippen LogP contribution is -2.44. The average molecular weight is 466 g/mol. The second-order valence-corrected chi connectivity index (χ2v) is 10.1. The van der Waals surface area contributed by atoms with Crippen LogP contribution in [-0.4, -0.2) is 60.9 Å². The maximum absolute atomic E-state index is 12.9. The minimum absolute atomic E-state index is 0.0113. The quantitative estimate of drug-likeness (QED) is 0.655. The van der Waals surface area contributed by atoms with Crippen LogP contribution in [0.1, 0.15) is 51.7 Å². The molecule has 1 N–H and O–H groups in total. The van der Waals surface area contributed by atoms with Crippen molar-refractivity contribution in [3.63, 3.8) is 0 Å². The molecular formula is C28H39N3O3. The predicted molar refractivity (Wildman–Crippen MR) is 137 cm³/mol. The molecule has 1 aliphatic heterocycles. The predicted octanol–water partition coefficient (Wildman–Crippen LogP) is 4.49. The molecule has 6 nitrogen and oxygen atoms in total. The molecule has 6 heteroatoms. The fraction of sp³-hybridized carbons (Fsp3) is 0.500. The van der Waals surface area contributed by atoms with E-state index in [2.05, 4.69) is 43.1 Å². The van der Waals surface area contributed by atoms with Gasteiger partial charge in [0.05, 0.1) is 13.2 Å². The Morgan fingerprint density at radius 2 is 1.65 bits per heavy atom. The number of carbonyl (C=O) groups excluding carboxylic acids is 2. The highest BCUT2D eigenvalue weighted by Gasteiger charge is 2.26. The van der Waals surface area contributed by atoms with Crippen molar-refractivity contribution in [3.05, 3.63) is 59.7 Å². The molecule has 0 bridgehead atoms. The molecule has 1 saturated heterocycles. The van der Waals surface area contributed by atoms with Gasteiger partial charge >= 0.3 is 0 Å². The summed E-state index contributed by atoms with van der Waals surface area (Å²) in [4.78, 5) is 29.8. The van der Waals surface area contributed by atoms with Crippen LogP contribution in [-0.2, 0) is 21.4 Å². The maximum atomic E-state index is 12.9. The van der Waals surface area contributed by atoms with Gasteiger partial charge in [0.1, 0.15) is 5.75 Å². The van der Waals surface area contributed by atoms with Crippen molar-refractivity contribution in [3.8, 4) is 5.75 Å². The number of nitrogens with one attached hydrogen (secondary N) is 1. The Hall–Kier alpha value is -2.86. The van der Waals surface area contributed by atoms with Crippen LogP contribution in [0, 0.1) is 0 Å². The number of nitrogens with zero attached hydrogens (tertiary/aromatic N) is 2. The number of benzene rings is 2. The Kier molecular flexibility index (Phi) is 8.72. The Morgan fingerprint density at radius 1 is 0.971 bits per heavy atom. The molecule has 2 aromatic carbocycles. The topological polar surface area (TPSA) is 61.9 Å². The normalized spacial score (nSPS) is 16.0. The van der Waals surface area contributed by atoms with Gasteiger partial charge in [0.2, 0.25) is 11.8 Å². The SMILES string of the molecule is COc1ccc(CCC(=O)N2CCCN(C(C)C(=O)Nc3ccc(C(C)(C)C)cc3)CC2)cc1. The highest BCUT2D eigenvalue weighted by Crippen LogP contribution is 2.23. The molecule has 0 saturated carbocycles. The second kappa shape index (κ2) is 11.5. The Bertz CT molecular complexity index is 948. The smallest absolute Gasteiger partial charge is 0.241 e. The van der Waals surface area contributed by atoms with E-state index in [1.54, 1.807) is 7.11 Å². The van der Waals surface area contributed by atoms with Crippen LogP contribution in [0.25, 0.3) is 0 Å². The van der Waals surface area contributed by atoms with Gasteiger partial charge in [-0.05, 0) is 60.6 Å². The molecule has 2 amide bonds. The molecule has 2 aromatic rings. The Labute approximate surface area is 204 Å². The molecule has 1 heterocycles. The number of rotatable bonds is 7. The lowest BCUT2D eigenvalue weighted by atomic mass is 9.87. The Morgan fingerprint density at radius 3 is 2.26 bits per heavy atom. The standard InChI is InChI=1S/C28H39N3O3/c1-21(27(33)29-24-12-10-23(11-13-24)28(2,3)4)30-17-6-18-31(20-19-30)26(32)16-9-22-7-14-25(34-5)15-8-22/h7-8,10-15,21H,6,9,16-20H2,1-5H3,(H,29,33). The third-order valence-corrected chi connectivity index (χ3v) is 6.62. The first-order valence-corrected chi connectivity index (χ1v) is 12.2. The van der Waals surface area contributed by atoms with Crippen molar-refractivity contribution in [2.45, 2.75) is 58.4 Å². The van der Waals surface area contributed by atoms with E-state index in [1.807, 2.05) is 48.2 Å². The summed E-state index contributed by atoms with van der Waals surface area (Å²) in [5.74, 6) is 0.985. The highest BCUT2D eigenvalue weighted by atomic mass is 16.5. The van der Waals surface area contributed by atoms with Crippen LogP contribution in [0.4, 0.5) is 5.69 Å². The number of methoxy groups -OCH3 is 1. The third-order valence-electron chi connectivity index (χ3n) is 6.62. The van der Waals surface area contributed by atoms with Crippen LogP contribution in [0.2, 0.25) is 0 Å². The minimum atomic E-state index is -0.253. The average Bonchev–Trinajstić information content (AvgIpc) is 3.08. The van der Waals surface area contributed by atoms with Crippen LogP contribution >= 0.6 is 0 Å². The molecule has 34 heavy (non-hydrogen) atoms. The molecule has 0 spiro atoms. The van der Waals surface area contributed by atoms with E-state index >= 15 is 0 Å². The molecule has 3 rings (SSSR count). The summed E-state index contributed by atoms with van der Waals surface area (Å²) in [6, 6.07) is 15.7. The monoisotopic (exact) mass is 465 g/mol. The van der Waals surface area contributed by atoms with Gasteiger partial charge in [0.15, 0.2) is 0 Å². The largest absolute Gasteiger partial charge is 0.497 e. The van der Waals surface area contributed by atoms with Gasteiger partial charge in [0, 0.05) is 38.3 Å². The van der Waals surface area contributed by atoms with Crippen LogP contribution < -0.4 is 10.1 Å². The van der Waals surface area contributed by atoms with Crippen LogP contribution in [0.15, 0.2) is 48.5 Å². The van der Waals surface area contributed by atoms with E-state index in [4.69, 9.17) is 4.74 Å². The first-order valence-electron chi connectivity index (χ1n) is 12.2. The third kappa shape index (κ3) is 7.07. The van der Waals surface area contributed by atoms with Gasteiger partial charge in [-0.25, -0.2) is 0 Å². The van der Waals surface area contributed by atoms with Crippen molar-refractivity contribution in [2.24, 2.45) is 0 Å². The summed E-state index contributed by atoms with van der Waals surface area (Å²) in [5, 5.41) is 3.05. The zero-order valence-electron chi connectivity index (χ0n) is 21.3. The number of anilines is 1. The van der Waals surface area contributed by atoms with Gasteiger partial charge in [-0.3, -0.25) is 14.5 Å². The van der Waals surface area contributed by atoms with Crippen molar-refractivity contribution in [1.82, 2.24) is 9.80 Å². The van der Waals surface area contributed by atoms with Gasteiger partial charge in [-0.1, -0.05) is 45.0 Å². The summed E-state index contributed by atoms with van der Waals surface area (Å²) in [6.07, 6.45) is 2.08. The highest BCUT2D eigenvalue weighted by molar-refractivity contribution is 5.94. The molecule has 1 unspecified atom stereocenters. The number of ether oxygens (including phenoxy) is 1. The summed E-state index contributed by atoms with van der Waals surface area (Å²) in [6.45, 7) is 11.4. The van der Waals surface area contributed by atoms with E-state index in [-0.39, 0.29) is 23.3 Å². The lowest BCUT2D eigenvalue weighted by Gasteiger charge is -2.27. The molecule has 184 valence electrons. The molecule has 0 radical (unpaired) electrons. The lowest BCUT2D eigenvalue weighted by molar-refractivity contribution is -0.131. The molecule has 0 aliphatic carbocycles. The van der Waals surface area contributed by atoms with Gasteiger partial charge in [-0.15, -0.1) is 0 Å². The fourth-order valence-corrected chi connectivity index (χ4v) is 4.24. The first-order chi connectivity index (χ1) is 16.2. The molecule has 0 aromatic heterocycles.